The number of fused-ring (bicyclic) bond motifs is 1. The third kappa shape index (κ3) is 7.07. The molecule has 4 rings (SSSR count). The summed E-state index contributed by atoms with van der Waals surface area (Å²) in [5.41, 5.74) is 10.9. The highest BCUT2D eigenvalue weighted by Crippen LogP contribution is 2.38. The van der Waals surface area contributed by atoms with Gasteiger partial charge >= 0.3 is 18.1 Å². The zero-order valence-electron chi connectivity index (χ0n) is 21.6. The third-order valence-corrected chi connectivity index (χ3v) is 6.80. The molecule has 3 atom stereocenters. The predicted molar refractivity (Wildman–Crippen MR) is 144 cm³/mol. The van der Waals surface area contributed by atoms with Crippen molar-refractivity contribution in [2.45, 2.75) is 30.7 Å². The van der Waals surface area contributed by atoms with Crippen molar-refractivity contribution < 1.29 is 45.9 Å². The first-order valence-corrected chi connectivity index (χ1v) is 13.0. The van der Waals surface area contributed by atoms with E-state index in [9.17, 15) is 36.7 Å². The molecular formula is C25H21BrF5N7O5. The van der Waals surface area contributed by atoms with E-state index in [4.69, 9.17) is 11.5 Å². The number of nitrogens with one attached hydrogen (secondary N) is 2. The molecule has 0 spiro atoms. The number of primary amides is 2. The minimum Gasteiger partial charge on any atom is -0.386 e. The number of benzene rings is 2. The molecule has 0 radical (unpaired) electrons. The van der Waals surface area contributed by atoms with E-state index in [1.165, 1.54) is 24.4 Å². The number of carbonyl (C=O) groups excluding carboxylic acids is 4. The van der Waals surface area contributed by atoms with Crippen LogP contribution in [0.25, 0.3) is 10.9 Å². The maximum absolute atomic E-state index is 15.1. The molecule has 2 heterocycles. The molecule has 1 aliphatic heterocycles. The number of esters is 2. The maximum atomic E-state index is 15.1. The summed E-state index contributed by atoms with van der Waals surface area (Å²) in [5.74, 6) is -9.18. The molecule has 2 amide bonds. The largest absolute Gasteiger partial charge is 0.491 e. The number of anilines is 1. The van der Waals surface area contributed by atoms with Gasteiger partial charge in [-0.3, -0.25) is 19.1 Å². The monoisotopic (exact) mass is 673 g/mol. The Morgan fingerprint density at radius 2 is 1.91 bits per heavy atom. The molecule has 6 N–H and O–H groups in total. The van der Waals surface area contributed by atoms with Gasteiger partial charge in [-0.05, 0) is 35.9 Å². The van der Waals surface area contributed by atoms with Crippen LogP contribution in [0.5, 0.6) is 0 Å². The molecule has 0 saturated heterocycles. The Morgan fingerprint density at radius 1 is 1.19 bits per heavy atom. The molecule has 0 aliphatic carbocycles. The molecule has 0 fully saturated rings. The van der Waals surface area contributed by atoms with Gasteiger partial charge in [0.2, 0.25) is 11.8 Å². The van der Waals surface area contributed by atoms with Gasteiger partial charge in [-0.1, -0.05) is 15.9 Å². The lowest BCUT2D eigenvalue weighted by Crippen LogP contribution is -2.41. The second kappa shape index (κ2) is 12.3. The minimum absolute atomic E-state index is 0.00233. The van der Waals surface area contributed by atoms with Crippen molar-refractivity contribution in [1.29, 1.82) is 0 Å². The molecule has 43 heavy (non-hydrogen) atoms. The Bertz CT molecular complexity index is 1640. The zero-order valence-corrected chi connectivity index (χ0v) is 23.2. The number of halogens is 6. The SMILES string of the molecule is NC(=O)c1cc(NC2=NCC(F)CN2)c2cnn(C(C(N)=O)[C@@H](CC(=O)OC(=O)C(F)(F)F)c3cc(Br)ccc3F)c2c1. The van der Waals surface area contributed by atoms with Crippen LogP contribution in [0.3, 0.4) is 0 Å². The second-order valence-electron chi connectivity index (χ2n) is 9.29. The average molecular weight is 674 g/mol. The number of carbonyl (C=O) groups is 4. The van der Waals surface area contributed by atoms with Crippen molar-refractivity contribution in [3.05, 3.63) is 57.9 Å². The molecular weight excluding hydrogens is 653 g/mol. The average Bonchev–Trinajstić information content (AvgIpc) is 3.34. The number of aromatic nitrogens is 2. The lowest BCUT2D eigenvalue weighted by molar-refractivity contribution is -0.202. The summed E-state index contributed by atoms with van der Waals surface area (Å²) in [6.07, 6.45) is -6.64. The second-order valence-corrected chi connectivity index (χ2v) is 10.2. The normalized spacial score (nSPS) is 16.5. The Hall–Kier alpha value is -4.61. The summed E-state index contributed by atoms with van der Waals surface area (Å²) < 4.78 is 72.0. The van der Waals surface area contributed by atoms with Crippen molar-refractivity contribution in [2.75, 3.05) is 18.4 Å². The van der Waals surface area contributed by atoms with Crippen LogP contribution in [0.15, 0.2) is 46.0 Å². The molecule has 1 aromatic heterocycles. The third-order valence-electron chi connectivity index (χ3n) is 6.31. The quantitative estimate of drug-likeness (QED) is 0.160. The topological polar surface area (TPSA) is 184 Å². The van der Waals surface area contributed by atoms with E-state index < -0.39 is 60.3 Å². The van der Waals surface area contributed by atoms with Gasteiger partial charge < -0.3 is 26.8 Å². The highest BCUT2D eigenvalue weighted by Gasteiger charge is 2.43. The number of hydrogen-bond acceptors (Lipinski definition) is 9. The fraction of sp³-hybridized carbons (Fsp3) is 0.280. The summed E-state index contributed by atoms with van der Waals surface area (Å²) >= 11 is 3.13. The van der Waals surface area contributed by atoms with Crippen LogP contribution in [0.4, 0.5) is 27.6 Å². The molecule has 228 valence electrons. The first kappa shape index (κ1) is 31.3. The van der Waals surface area contributed by atoms with Crippen LogP contribution in [-0.2, 0) is 19.1 Å². The lowest BCUT2D eigenvalue weighted by atomic mass is 9.87. The van der Waals surface area contributed by atoms with Crippen molar-refractivity contribution in [1.82, 2.24) is 15.1 Å². The van der Waals surface area contributed by atoms with Crippen LogP contribution in [-0.4, -0.2) is 64.9 Å². The van der Waals surface area contributed by atoms with Crippen molar-refractivity contribution in [3.8, 4) is 0 Å². The van der Waals surface area contributed by atoms with Gasteiger partial charge in [-0.15, -0.1) is 0 Å². The minimum atomic E-state index is -5.51. The Morgan fingerprint density at radius 3 is 2.51 bits per heavy atom. The van der Waals surface area contributed by atoms with Crippen LogP contribution in [0, 0.1) is 5.82 Å². The number of amides is 2. The van der Waals surface area contributed by atoms with Crippen molar-refractivity contribution >= 4 is 62.2 Å². The summed E-state index contributed by atoms with van der Waals surface area (Å²) in [4.78, 5) is 52.9. The number of rotatable bonds is 8. The van der Waals surface area contributed by atoms with Gasteiger partial charge in [0.15, 0.2) is 5.96 Å². The van der Waals surface area contributed by atoms with E-state index in [2.05, 4.69) is 41.4 Å². The molecule has 2 aromatic carbocycles. The number of aliphatic imine (C=N–C) groups is 1. The van der Waals surface area contributed by atoms with Crippen LogP contribution >= 0.6 is 15.9 Å². The molecule has 1 aliphatic rings. The maximum Gasteiger partial charge on any atom is 0.491 e. The van der Waals surface area contributed by atoms with E-state index in [0.29, 0.717) is 0 Å². The van der Waals surface area contributed by atoms with Crippen LogP contribution in [0.1, 0.15) is 34.3 Å². The van der Waals surface area contributed by atoms with E-state index in [-0.39, 0.29) is 51.2 Å². The summed E-state index contributed by atoms with van der Waals surface area (Å²) in [5, 5.41) is 9.98. The van der Waals surface area contributed by atoms with E-state index in [1.807, 2.05) is 0 Å². The number of hydrogen-bond donors (Lipinski definition) is 4. The Labute approximate surface area is 246 Å². The highest BCUT2D eigenvalue weighted by atomic mass is 79.9. The van der Waals surface area contributed by atoms with Gasteiger partial charge in [-0.25, -0.2) is 18.6 Å². The number of nitrogens with two attached hydrogens (primary N) is 2. The van der Waals surface area contributed by atoms with Crippen LogP contribution in [0.2, 0.25) is 0 Å². The van der Waals surface area contributed by atoms with Crippen molar-refractivity contribution in [2.24, 2.45) is 16.5 Å². The number of nitrogens with zero attached hydrogens (tertiary/aromatic N) is 3. The van der Waals surface area contributed by atoms with Gasteiger partial charge in [0, 0.05) is 21.3 Å². The van der Waals surface area contributed by atoms with Gasteiger partial charge in [0.1, 0.15) is 18.0 Å². The molecule has 0 bridgehead atoms. The van der Waals surface area contributed by atoms with Gasteiger partial charge in [0.05, 0.1) is 36.9 Å². The van der Waals surface area contributed by atoms with E-state index in [1.54, 1.807) is 0 Å². The smallest absolute Gasteiger partial charge is 0.386 e. The zero-order chi connectivity index (χ0) is 31.6. The predicted octanol–water partition coefficient (Wildman–Crippen LogP) is 2.58. The van der Waals surface area contributed by atoms with Gasteiger partial charge in [0.25, 0.3) is 0 Å². The van der Waals surface area contributed by atoms with Crippen LogP contribution < -0.4 is 22.1 Å². The molecule has 12 nitrogen and oxygen atoms in total. The summed E-state index contributed by atoms with van der Waals surface area (Å²) in [6, 6.07) is 4.17. The number of alkyl halides is 4. The summed E-state index contributed by atoms with van der Waals surface area (Å²) in [6.45, 7) is -0.204. The summed E-state index contributed by atoms with van der Waals surface area (Å²) in [7, 11) is 0. The molecule has 18 heteroatoms. The van der Waals surface area contributed by atoms with Crippen molar-refractivity contribution in [3.63, 3.8) is 0 Å². The standard InChI is InChI=1S/C25H21BrF5N7O5/c26-11-1-2-16(28)13(5-11)14(6-19(39)43-23(42)25(29,30)31)20(22(33)41)38-18-4-10(21(32)40)3-17(15(18)9-36-38)37-24-34-7-12(27)8-35-24/h1-5,9,12,14,20H,6-8H2,(H2,32,40)(H2,33,41)(H2,34,35,37)/t14-,20?/m0/s1. The van der Waals surface area contributed by atoms with E-state index >= 15 is 4.39 Å². The number of ether oxygens (including phenoxy) is 1. The molecule has 2 unspecified atom stereocenters. The first-order chi connectivity index (χ1) is 20.1. The highest BCUT2D eigenvalue weighted by molar-refractivity contribution is 9.10. The van der Waals surface area contributed by atoms with E-state index in [0.717, 1.165) is 16.8 Å². The lowest BCUT2D eigenvalue weighted by Gasteiger charge is -2.26. The Balaban J connectivity index is 1.85. The number of guanidine groups is 1. The first-order valence-electron chi connectivity index (χ1n) is 12.2. The molecule has 0 saturated carbocycles. The fourth-order valence-corrected chi connectivity index (χ4v) is 4.78. The Kier molecular flexibility index (Phi) is 8.98. The fourth-order valence-electron chi connectivity index (χ4n) is 4.40. The molecule has 3 aromatic rings. The van der Waals surface area contributed by atoms with Gasteiger partial charge in [-0.2, -0.15) is 18.3 Å².